The number of rotatable bonds is 5. The topological polar surface area (TPSA) is 34.0 Å². The van der Waals surface area contributed by atoms with Crippen molar-refractivity contribution in [1.82, 2.24) is 19.9 Å². The first kappa shape index (κ1) is 19.6. The van der Waals surface area contributed by atoms with Crippen LogP contribution in [-0.4, -0.2) is 40.5 Å². The number of nitrogens with zero attached hydrogens (tertiary/aromatic N) is 4. The lowest BCUT2D eigenvalue weighted by atomic mass is 9.79. The molecule has 25 heavy (non-hydrogen) atoms. The fourth-order valence-electron chi connectivity index (χ4n) is 2.70. The van der Waals surface area contributed by atoms with Crippen LogP contribution in [0.15, 0.2) is 24.4 Å². The molecule has 4 heteroatoms. The molecule has 138 valence electrons. The Labute approximate surface area is 153 Å². The van der Waals surface area contributed by atoms with Crippen molar-refractivity contribution >= 4 is 0 Å². The summed E-state index contributed by atoms with van der Waals surface area (Å²) in [5.41, 5.74) is 5.37. The van der Waals surface area contributed by atoms with Crippen LogP contribution in [0.3, 0.4) is 0 Å². The largest absolute Gasteiger partial charge is 0.309 e. The summed E-state index contributed by atoms with van der Waals surface area (Å²) in [6.45, 7) is 15.4. The summed E-state index contributed by atoms with van der Waals surface area (Å²) in [6, 6.07) is 6.99. The zero-order valence-corrected chi connectivity index (χ0v) is 17.2. The van der Waals surface area contributed by atoms with Gasteiger partial charge in [0.05, 0.1) is 12.2 Å². The van der Waals surface area contributed by atoms with Crippen LogP contribution in [0.2, 0.25) is 0 Å². The first-order chi connectivity index (χ1) is 11.4. The van der Waals surface area contributed by atoms with E-state index < -0.39 is 0 Å². The molecule has 1 aromatic carbocycles. The Morgan fingerprint density at radius 1 is 0.920 bits per heavy atom. The first-order valence-electron chi connectivity index (χ1n) is 9.14. The maximum Gasteiger partial charge on any atom is 0.0840 e. The van der Waals surface area contributed by atoms with Gasteiger partial charge in [0, 0.05) is 19.2 Å². The summed E-state index contributed by atoms with van der Waals surface area (Å²) >= 11 is 0. The lowest BCUT2D eigenvalue weighted by Crippen LogP contribution is -2.17. The highest BCUT2D eigenvalue weighted by molar-refractivity contribution is 5.37. The Morgan fingerprint density at radius 3 is 1.96 bits per heavy atom. The number of likely N-dealkylation sites (N-methyl/N-ethyl adjacent to an activating group) is 1. The van der Waals surface area contributed by atoms with E-state index in [2.05, 4.69) is 95.2 Å². The van der Waals surface area contributed by atoms with Crippen molar-refractivity contribution in [2.45, 2.75) is 65.3 Å². The molecule has 1 heterocycles. The molecule has 0 N–H and O–H groups in total. The van der Waals surface area contributed by atoms with Gasteiger partial charge in [0.1, 0.15) is 0 Å². The molecule has 0 radical (unpaired) electrons. The third-order valence-electron chi connectivity index (χ3n) is 4.47. The van der Waals surface area contributed by atoms with Crippen LogP contribution in [0.4, 0.5) is 0 Å². The smallest absolute Gasteiger partial charge is 0.0840 e. The summed E-state index contributed by atoms with van der Waals surface area (Å²) in [6.07, 6.45) is 3.01. The summed E-state index contributed by atoms with van der Waals surface area (Å²) < 4.78 is 1.96. The van der Waals surface area contributed by atoms with Crippen LogP contribution in [0.25, 0.3) is 0 Å². The summed E-state index contributed by atoms with van der Waals surface area (Å²) in [4.78, 5) is 2.17. The summed E-state index contributed by atoms with van der Waals surface area (Å²) in [7, 11) is 4.16. The van der Waals surface area contributed by atoms with E-state index in [9.17, 15) is 0 Å². The second-order valence-electron chi connectivity index (χ2n) is 9.38. The molecule has 2 rings (SSSR count). The van der Waals surface area contributed by atoms with Gasteiger partial charge in [-0.05, 0) is 41.6 Å². The van der Waals surface area contributed by atoms with Gasteiger partial charge in [-0.3, -0.25) is 0 Å². The van der Waals surface area contributed by atoms with Crippen LogP contribution in [0.5, 0.6) is 0 Å². The normalized spacial score (nSPS) is 12.8. The van der Waals surface area contributed by atoms with E-state index in [4.69, 9.17) is 0 Å². The van der Waals surface area contributed by atoms with Crippen LogP contribution < -0.4 is 0 Å². The molecule has 0 fully saturated rings. The minimum absolute atomic E-state index is 0.134. The quantitative estimate of drug-likeness (QED) is 0.823. The lowest BCUT2D eigenvalue weighted by Gasteiger charge is -2.26. The van der Waals surface area contributed by atoms with Crippen LogP contribution >= 0.6 is 0 Å². The van der Waals surface area contributed by atoms with Crippen molar-refractivity contribution in [3.63, 3.8) is 0 Å². The van der Waals surface area contributed by atoms with E-state index in [-0.39, 0.29) is 10.8 Å². The number of hydrogen-bond acceptors (Lipinski definition) is 3. The molecule has 0 saturated carbocycles. The van der Waals surface area contributed by atoms with Crippen molar-refractivity contribution < 1.29 is 0 Å². The molecule has 0 aliphatic rings. The minimum Gasteiger partial charge on any atom is -0.309 e. The Kier molecular flexibility index (Phi) is 5.72. The molecule has 0 saturated heterocycles. The molecule has 0 bridgehead atoms. The fraction of sp³-hybridized carbons (Fsp3) is 0.619. The number of benzene rings is 1. The average Bonchev–Trinajstić information content (AvgIpc) is 2.90. The summed E-state index contributed by atoms with van der Waals surface area (Å²) in [5, 5.41) is 8.63. The Morgan fingerprint density at radius 2 is 1.48 bits per heavy atom. The van der Waals surface area contributed by atoms with Gasteiger partial charge in [-0.1, -0.05) is 65.0 Å². The minimum atomic E-state index is 0.134. The summed E-state index contributed by atoms with van der Waals surface area (Å²) in [5.74, 6) is 0. The van der Waals surface area contributed by atoms with Crippen molar-refractivity contribution in [2.75, 3.05) is 20.6 Å². The molecule has 4 nitrogen and oxygen atoms in total. The Hall–Kier alpha value is -1.68. The molecule has 2 aromatic rings. The molecule has 0 aliphatic heterocycles. The highest BCUT2D eigenvalue weighted by Gasteiger charge is 2.20. The van der Waals surface area contributed by atoms with Crippen molar-refractivity contribution in [2.24, 2.45) is 0 Å². The van der Waals surface area contributed by atoms with E-state index in [1.165, 1.54) is 16.7 Å². The maximum absolute atomic E-state index is 4.32. The highest BCUT2D eigenvalue weighted by atomic mass is 15.4. The molecule has 1 aromatic heterocycles. The number of hydrogen-bond donors (Lipinski definition) is 0. The zero-order valence-electron chi connectivity index (χ0n) is 17.2. The zero-order chi connectivity index (χ0) is 18.8. The SMILES string of the molecule is CN(C)CCc1cn(Cc2cc(C(C)(C)C)cc(C(C)(C)C)c2)nn1. The third-order valence-corrected chi connectivity index (χ3v) is 4.47. The number of aromatic nitrogens is 3. The molecule has 0 amide bonds. The molecular formula is C21H34N4. The molecule has 0 aliphatic carbocycles. The van der Waals surface area contributed by atoms with E-state index >= 15 is 0 Å². The standard InChI is InChI=1S/C21H34N4/c1-20(2,3)17-11-16(12-18(13-17)21(4,5)6)14-25-15-19(22-23-25)9-10-24(7)8/h11-13,15H,9-10,14H2,1-8H3. The second-order valence-corrected chi connectivity index (χ2v) is 9.38. The van der Waals surface area contributed by atoms with Gasteiger partial charge >= 0.3 is 0 Å². The first-order valence-corrected chi connectivity index (χ1v) is 9.14. The third kappa shape index (κ3) is 5.67. The van der Waals surface area contributed by atoms with Crippen molar-refractivity contribution in [3.8, 4) is 0 Å². The van der Waals surface area contributed by atoms with E-state index in [0.29, 0.717) is 0 Å². The van der Waals surface area contributed by atoms with Gasteiger partial charge in [-0.2, -0.15) is 0 Å². The molecule has 0 spiro atoms. The van der Waals surface area contributed by atoms with E-state index in [1.807, 2.05) is 4.68 Å². The van der Waals surface area contributed by atoms with E-state index in [0.717, 1.165) is 25.2 Å². The Bertz CT molecular complexity index is 667. The molecular weight excluding hydrogens is 308 g/mol. The van der Waals surface area contributed by atoms with Crippen LogP contribution in [0, 0.1) is 0 Å². The highest BCUT2D eigenvalue weighted by Crippen LogP contribution is 2.30. The van der Waals surface area contributed by atoms with Gasteiger partial charge in [0.2, 0.25) is 0 Å². The van der Waals surface area contributed by atoms with Gasteiger partial charge in [0.25, 0.3) is 0 Å². The maximum atomic E-state index is 4.32. The predicted molar refractivity (Wildman–Crippen MR) is 105 cm³/mol. The monoisotopic (exact) mass is 342 g/mol. The Balaban J connectivity index is 2.27. The van der Waals surface area contributed by atoms with Gasteiger partial charge in [-0.15, -0.1) is 5.10 Å². The second kappa shape index (κ2) is 7.28. The average molecular weight is 343 g/mol. The molecule has 0 atom stereocenters. The molecule has 0 unspecified atom stereocenters. The van der Waals surface area contributed by atoms with E-state index in [1.54, 1.807) is 0 Å². The van der Waals surface area contributed by atoms with Crippen LogP contribution in [0.1, 0.15) is 63.9 Å². The van der Waals surface area contributed by atoms with Crippen LogP contribution in [-0.2, 0) is 23.8 Å². The van der Waals surface area contributed by atoms with Crippen molar-refractivity contribution in [1.29, 1.82) is 0 Å². The fourth-order valence-corrected chi connectivity index (χ4v) is 2.70. The van der Waals surface area contributed by atoms with Gasteiger partial charge in [-0.25, -0.2) is 4.68 Å². The lowest BCUT2D eigenvalue weighted by molar-refractivity contribution is 0.411. The van der Waals surface area contributed by atoms with Gasteiger partial charge in [0.15, 0.2) is 0 Å². The van der Waals surface area contributed by atoms with Gasteiger partial charge < -0.3 is 4.90 Å². The van der Waals surface area contributed by atoms with Crippen molar-refractivity contribution in [3.05, 3.63) is 46.8 Å². The predicted octanol–water partition coefficient (Wildman–Crippen LogP) is 4.03.